The maximum absolute atomic E-state index is 12.0. The molecule has 2 heterocycles. The van der Waals surface area contributed by atoms with Crippen molar-refractivity contribution in [2.45, 2.75) is 13.5 Å². The van der Waals surface area contributed by atoms with Crippen LogP contribution in [0.4, 0.5) is 5.69 Å². The highest BCUT2D eigenvalue weighted by molar-refractivity contribution is 7.14. The van der Waals surface area contributed by atoms with Gasteiger partial charge in [-0.2, -0.15) is 0 Å². The Kier molecular flexibility index (Phi) is 3.23. The zero-order chi connectivity index (χ0) is 14.1. The van der Waals surface area contributed by atoms with Crippen molar-refractivity contribution in [3.8, 4) is 11.5 Å². The molecule has 1 amide bonds. The van der Waals surface area contributed by atoms with Gasteiger partial charge in [0.1, 0.15) is 0 Å². The predicted molar refractivity (Wildman–Crippen MR) is 77.2 cm³/mol. The summed E-state index contributed by atoms with van der Waals surface area (Å²) in [6, 6.07) is 7.32. The van der Waals surface area contributed by atoms with Crippen molar-refractivity contribution in [3.63, 3.8) is 0 Å². The predicted octanol–water partition coefficient (Wildman–Crippen LogP) is 2.30. The van der Waals surface area contributed by atoms with E-state index in [-0.39, 0.29) is 12.7 Å². The highest BCUT2D eigenvalue weighted by Gasteiger charge is 2.14. The van der Waals surface area contributed by atoms with Gasteiger partial charge in [-0.25, -0.2) is 0 Å². The van der Waals surface area contributed by atoms with Crippen LogP contribution in [0.1, 0.15) is 20.1 Å². The van der Waals surface area contributed by atoms with E-state index in [1.54, 1.807) is 6.07 Å². The van der Waals surface area contributed by atoms with Crippen LogP contribution in [0, 0.1) is 6.92 Å². The summed E-state index contributed by atoms with van der Waals surface area (Å²) in [5, 5.41) is 2.87. The van der Waals surface area contributed by atoms with E-state index in [1.165, 1.54) is 11.3 Å². The van der Waals surface area contributed by atoms with E-state index in [0.717, 1.165) is 16.2 Å². The molecule has 0 aliphatic carbocycles. The zero-order valence-corrected chi connectivity index (χ0v) is 11.8. The number of aryl methyl sites for hydroxylation is 1. The lowest BCUT2D eigenvalue weighted by Crippen LogP contribution is -2.21. The molecule has 1 aliphatic rings. The second kappa shape index (κ2) is 5.05. The summed E-state index contributed by atoms with van der Waals surface area (Å²) in [5.41, 5.74) is 7.36. The number of carbonyl (C=O) groups is 1. The Morgan fingerprint density at radius 3 is 2.90 bits per heavy atom. The topological polar surface area (TPSA) is 73.6 Å². The smallest absolute Gasteiger partial charge is 0.261 e. The summed E-state index contributed by atoms with van der Waals surface area (Å²) in [6.07, 6.45) is 0. The van der Waals surface area contributed by atoms with E-state index in [0.29, 0.717) is 22.9 Å². The molecule has 1 aliphatic heterocycles. The van der Waals surface area contributed by atoms with Crippen molar-refractivity contribution in [1.82, 2.24) is 5.32 Å². The number of carbonyl (C=O) groups excluding carboxylic acids is 1. The van der Waals surface area contributed by atoms with Crippen molar-refractivity contribution in [1.29, 1.82) is 0 Å². The summed E-state index contributed by atoms with van der Waals surface area (Å²) in [7, 11) is 0. The molecule has 2 aromatic rings. The Bertz CT molecular complexity index is 647. The average molecular weight is 290 g/mol. The van der Waals surface area contributed by atoms with Crippen LogP contribution >= 0.6 is 11.3 Å². The number of rotatable bonds is 3. The molecular weight excluding hydrogens is 276 g/mol. The Balaban J connectivity index is 1.66. The van der Waals surface area contributed by atoms with Crippen LogP contribution in [-0.4, -0.2) is 12.7 Å². The van der Waals surface area contributed by atoms with Crippen molar-refractivity contribution in [2.24, 2.45) is 0 Å². The van der Waals surface area contributed by atoms with E-state index in [2.05, 4.69) is 5.32 Å². The van der Waals surface area contributed by atoms with E-state index >= 15 is 0 Å². The van der Waals surface area contributed by atoms with Crippen molar-refractivity contribution >= 4 is 22.9 Å². The molecule has 1 aromatic carbocycles. The third-order valence-corrected chi connectivity index (χ3v) is 4.14. The summed E-state index contributed by atoms with van der Waals surface area (Å²) in [5.74, 6) is 1.34. The number of hydrogen-bond acceptors (Lipinski definition) is 5. The lowest BCUT2D eigenvalue weighted by atomic mass is 10.2. The monoisotopic (exact) mass is 290 g/mol. The SMILES string of the molecule is Cc1sc(C(=O)NCc2ccc3c(c2)OCO3)cc1N. The number of fused-ring (bicyclic) bond motifs is 1. The van der Waals surface area contributed by atoms with Gasteiger partial charge >= 0.3 is 0 Å². The maximum atomic E-state index is 12.0. The summed E-state index contributed by atoms with van der Waals surface area (Å²) < 4.78 is 10.5. The van der Waals surface area contributed by atoms with Gasteiger partial charge in [-0.15, -0.1) is 11.3 Å². The molecule has 5 nitrogen and oxygen atoms in total. The first-order valence-corrected chi connectivity index (χ1v) is 6.98. The number of anilines is 1. The lowest BCUT2D eigenvalue weighted by Gasteiger charge is -2.05. The number of ether oxygens (including phenoxy) is 2. The molecule has 1 aromatic heterocycles. The Labute approximate surface area is 120 Å². The minimum atomic E-state index is -0.118. The van der Waals surface area contributed by atoms with Crippen LogP contribution < -0.4 is 20.5 Å². The van der Waals surface area contributed by atoms with Crippen molar-refractivity contribution in [3.05, 3.63) is 39.6 Å². The van der Waals surface area contributed by atoms with Gasteiger partial charge in [-0.1, -0.05) is 6.07 Å². The molecule has 0 atom stereocenters. The highest BCUT2D eigenvalue weighted by Crippen LogP contribution is 2.32. The first kappa shape index (κ1) is 12.8. The van der Waals surface area contributed by atoms with Gasteiger partial charge in [0.25, 0.3) is 5.91 Å². The molecule has 0 radical (unpaired) electrons. The largest absolute Gasteiger partial charge is 0.454 e. The fraction of sp³-hybridized carbons (Fsp3) is 0.214. The van der Waals surface area contributed by atoms with Crippen LogP contribution in [0.25, 0.3) is 0 Å². The number of nitrogens with two attached hydrogens (primary N) is 1. The molecule has 0 saturated carbocycles. The Morgan fingerprint density at radius 2 is 2.15 bits per heavy atom. The summed E-state index contributed by atoms with van der Waals surface area (Å²) >= 11 is 1.40. The number of benzene rings is 1. The molecule has 104 valence electrons. The highest BCUT2D eigenvalue weighted by atomic mass is 32.1. The van der Waals surface area contributed by atoms with Gasteiger partial charge < -0.3 is 20.5 Å². The third-order valence-electron chi connectivity index (χ3n) is 3.07. The summed E-state index contributed by atoms with van der Waals surface area (Å²) in [6.45, 7) is 2.58. The Morgan fingerprint density at radius 1 is 1.35 bits per heavy atom. The molecule has 0 spiro atoms. The third kappa shape index (κ3) is 2.42. The number of amides is 1. The molecule has 0 fully saturated rings. The first-order chi connectivity index (χ1) is 9.63. The quantitative estimate of drug-likeness (QED) is 0.909. The minimum Gasteiger partial charge on any atom is -0.454 e. The van der Waals surface area contributed by atoms with Crippen LogP contribution in [0.3, 0.4) is 0 Å². The van der Waals surface area contributed by atoms with Gasteiger partial charge in [-0.05, 0) is 30.7 Å². The van der Waals surface area contributed by atoms with Gasteiger partial charge in [0.05, 0.1) is 4.88 Å². The molecule has 0 unspecified atom stereocenters. The maximum Gasteiger partial charge on any atom is 0.261 e. The molecule has 0 bridgehead atoms. The molecular formula is C14H14N2O3S. The second-order valence-electron chi connectivity index (χ2n) is 4.49. The van der Waals surface area contributed by atoms with Crippen LogP contribution in [-0.2, 0) is 6.54 Å². The van der Waals surface area contributed by atoms with Crippen molar-refractivity contribution in [2.75, 3.05) is 12.5 Å². The van der Waals surface area contributed by atoms with E-state index in [9.17, 15) is 4.79 Å². The summed E-state index contributed by atoms with van der Waals surface area (Å²) in [4.78, 5) is 13.6. The standard InChI is InChI=1S/C14H14N2O3S/c1-8-10(15)5-13(20-8)14(17)16-6-9-2-3-11-12(4-9)19-7-18-11/h2-5H,6-7,15H2,1H3,(H,16,17). The van der Waals surface area contributed by atoms with E-state index in [1.807, 2.05) is 25.1 Å². The number of hydrogen-bond donors (Lipinski definition) is 2. The normalized spacial score (nSPS) is 12.4. The lowest BCUT2D eigenvalue weighted by molar-refractivity contribution is 0.0955. The number of nitrogen functional groups attached to an aromatic ring is 1. The Hall–Kier alpha value is -2.21. The zero-order valence-electron chi connectivity index (χ0n) is 10.9. The second-order valence-corrected chi connectivity index (χ2v) is 5.75. The van der Waals surface area contributed by atoms with Gasteiger partial charge in [0.2, 0.25) is 6.79 Å². The van der Waals surface area contributed by atoms with Crippen LogP contribution in [0.5, 0.6) is 11.5 Å². The molecule has 6 heteroatoms. The molecule has 20 heavy (non-hydrogen) atoms. The first-order valence-electron chi connectivity index (χ1n) is 6.16. The number of thiophene rings is 1. The van der Waals surface area contributed by atoms with E-state index in [4.69, 9.17) is 15.2 Å². The number of nitrogens with one attached hydrogen (secondary N) is 1. The fourth-order valence-corrected chi connectivity index (χ4v) is 2.79. The van der Waals surface area contributed by atoms with Crippen LogP contribution in [0.2, 0.25) is 0 Å². The average Bonchev–Trinajstić information content (AvgIpc) is 3.03. The van der Waals surface area contributed by atoms with Gasteiger partial charge in [-0.3, -0.25) is 4.79 Å². The van der Waals surface area contributed by atoms with Crippen LogP contribution in [0.15, 0.2) is 24.3 Å². The molecule has 0 saturated heterocycles. The van der Waals surface area contributed by atoms with Gasteiger partial charge in [0, 0.05) is 17.1 Å². The molecule has 3 rings (SSSR count). The van der Waals surface area contributed by atoms with Gasteiger partial charge in [0.15, 0.2) is 11.5 Å². The fourth-order valence-electron chi connectivity index (χ4n) is 1.93. The molecule has 3 N–H and O–H groups in total. The minimum absolute atomic E-state index is 0.118. The van der Waals surface area contributed by atoms with Crippen molar-refractivity contribution < 1.29 is 14.3 Å². The van der Waals surface area contributed by atoms with E-state index < -0.39 is 0 Å².